The smallest absolute Gasteiger partial charge is 0.444 e. The van der Waals surface area contributed by atoms with Gasteiger partial charge in [0.25, 0.3) is 5.91 Å². The van der Waals surface area contributed by atoms with Crippen molar-refractivity contribution in [3.63, 3.8) is 0 Å². The lowest BCUT2D eigenvalue weighted by Crippen LogP contribution is -2.41. The number of ether oxygens (including phenoxy) is 1. The lowest BCUT2D eigenvalue weighted by atomic mass is 9.81. The summed E-state index contributed by atoms with van der Waals surface area (Å²) in [7, 11) is -0.520. The highest BCUT2D eigenvalue weighted by molar-refractivity contribution is 6.61. The highest BCUT2D eigenvalue weighted by Crippen LogP contribution is 2.57. The Labute approximate surface area is 242 Å². The van der Waals surface area contributed by atoms with Gasteiger partial charge in [-0.3, -0.25) is 4.79 Å². The van der Waals surface area contributed by atoms with Crippen molar-refractivity contribution in [1.82, 2.24) is 20.2 Å². The van der Waals surface area contributed by atoms with Crippen LogP contribution in [0.2, 0.25) is 0 Å². The molecule has 0 bridgehead atoms. The van der Waals surface area contributed by atoms with Crippen molar-refractivity contribution < 1.29 is 23.6 Å². The van der Waals surface area contributed by atoms with Crippen molar-refractivity contribution in [2.45, 2.75) is 96.0 Å². The molecule has 10 nitrogen and oxygen atoms in total. The number of benzene rings is 1. The van der Waals surface area contributed by atoms with E-state index in [2.05, 4.69) is 16.3 Å². The lowest BCUT2D eigenvalue weighted by molar-refractivity contribution is 0.00578. The van der Waals surface area contributed by atoms with Gasteiger partial charge in [0.2, 0.25) is 5.95 Å². The third-order valence-corrected chi connectivity index (χ3v) is 9.04. The standard InChI is InChI=1S/C30H40BN5O5/c1-27(2,3)39-26(38)34-21-10-13-35(17-21)24(37)19-8-9-22-23(14-19)36(18-30(22)11-12-30)25-32-15-20(16-33-25)31-40-28(4,5)29(6,7)41-31/h8-9,14-16,21H,10-13,17-18H2,1-7H3,(H,34,38)/t21-/m1/s1. The van der Waals surface area contributed by atoms with E-state index in [4.69, 9.17) is 24.0 Å². The van der Waals surface area contributed by atoms with Crippen LogP contribution in [-0.2, 0) is 19.5 Å². The molecular formula is C30H40BN5O5. The monoisotopic (exact) mass is 561 g/mol. The summed E-state index contributed by atoms with van der Waals surface area (Å²) in [4.78, 5) is 39.1. The number of hydrogen-bond acceptors (Lipinski definition) is 8. The van der Waals surface area contributed by atoms with Crippen molar-refractivity contribution in [1.29, 1.82) is 0 Å². The second kappa shape index (κ2) is 9.42. The Morgan fingerprint density at radius 2 is 1.73 bits per heavy atom. The number of hydrogen-bond donors (Lipinski definition) is 1. The van der Waals surface area contributed by atoms with E-state index >= 15 is 0 Å². The quantitative estimate of drug-likeness (QED) is 0.564. The number of rotatable bonds is 4. The second-order valence-electron chi connectivity index (χ2n) is 13.9. The van der Waals surface area contributed by atoms with E-state index < -0.39 is 30.0 Å². The largest absolute Gasteiger partial charge is 0.498 e. The lowest BCUT2D eigenvalue weighted by Gasteiger charge is -2.32. The van der Waals surface area contributed by atoms with E-state index in [9.17, 15) is 9.59 Å². The number of alkyl carbamates (subject to hydrolysis) is 1. The van der Waals surface area contributed by atoms with E-state index in [1.165, 1.54) is 5.56 Å². The Hall–Kier alpha value is -3.18. The van der Waals surface area contributed by atoms with Crippen molar-refractivity contribution in [2.24, 2.45) is 0 Å². The minimum absolute atomic E-state index is 0.0463. The van der Waals surface area contributed by atoms with Gasteiger partial charge in [-0.15, -0.1) is 0 Å². The molecule has 2 saturated heterocycles. The number of carbonyl (C=O) groups excluding carboxylic acids is 2. The summed E-state index contributed by atoms with van der Waals surface area (Å²) >= 11 is 0. The summed E-state index contributed by atoms with van der Waals surface area (Å²) in [5.74, 6) is 0.553. The first kappa shape index (κ1) is 28.0. The van der Waals surface area contributed by atoms with E-state index in [1.54, 1.807) is 17.3 Å². The number of carbonyl (C=O) groups is 2. The SMILES string of the molecule is CC(C)(C)OC(=O)N[C@@H]1CCN(C(=O)c2ccc3c(c2)N(c2ncc(B4OC(C)(C)C(C)(C)O4)cn2)CC32CC2)C1. The molecule has 4 aliphatic rings. The molecule has 6 rings (SSSR count). The molecular weight excluding hydrogens is 521 g/mol. The van der Waals surface area contributed by atoms with Crippen LogP contribution in [0.25, 0.3) is 0 Å². The molecule has 0 radical (unpaired) electrons. The number of fused-ring (bicyclic) bond motifs is 2. The number of aromatic nitrogens is 2. The van der Waals surface area contributed by atoms with E-state index in [0.29, 0.717) is 31.0 Å². The van der Waals surface area contributed by atoms with Crippen LogP contribution < -0.4 is 15.7 Å². The van der Waals surface area contributed by atoms with Gasteiger partial charge in [-0.2, -0.15) is 0 Å². The van der Waals surface area contributed by atoms with Gasteiger partial charge in [0, 0.05) is 54.2 Å². The second-order valence-corrected chi connectivity index (χ2v) is 13.9. The summed E-state index contributed by atoms with van der Waals surface area (Å²) < 4.78 is 17.7. The van der Waals surface area contributed by atoms with Gasteiger partial charge in [0.1, 0.15) is 5.60 Å². The molecule has 218 valence electrons. The van der Waals surface area contributed by atoms with Crippen LogP contribution >= 0.6 is 0 Å². The topological polar surface area (TPSA) is 106 Å². The van der Waals surface area contributed by atoms with Crippen LogP contribution in [0.5, 0.6) is 0 Å². The fourth-order valence-electron chi connectivity index (χ4n) is 5.86. The third-order valence-electron chi connectivity index (χ3n) is 9.04. The summed E-state index contributed by atoms with van der Waals surface area (Å²) in [6.45, 7) is 15.4. The first-order valence-corrected chi connectivity index (χ1v) is 14.5. The first-order chi connectivity index (χ1) is 19.2. The summed E-state index contributed by atoms with van der Waals surface area (Å²) in [5.41, 5.74) is 2.29. The first-order valence-electron chi connectivity index (χ1n) is 14.5. The van der Waals surface area contributed by atoms with Crippen LogP contribution in [0.3, 0.4) is 0 Å². The maximum atomic E-state index is 13.5. The number of nitrogens with zero attached hydrogens (tertiary/aromatic N) is 4. The molecule has 11 heteroatoms. The Morgan fingerprint density at radius 3 is 2.34 bits per heavy atom. The molecule has 2 amide bonds. The Morgan fingerprint density at radius 1 is 1.07 bits per heavy atom. The number of likely N-dealkylation sites (tertiary alicyclic amines) is 1. The van der Waals surface area contributed by atoms with Gasteiger partial charge >= 0.3 is 13.2 Å². The zero-order chi connectivity index (χ0) is 29.4. The van der Waals surface area contributed by atoms with Crippen molar-refractivity contribution >= 4 is 36.2 Å². The maximum absolute atomic E-state index is 13.5. The third kappa shape index (κ3) is 5.18. The zero-order valence-electron chi connectivity index (χ0n) is 25.1. The maximum Gasteiger partial charge on any atom is 0.498 e. The molecule has 1 spiro atoms. The minimum atomic E-state index is -0.566. The van der Waals surface area contributed by atoms with Crippen molar-refractivity contribution in [2.75, 3.05) is 24.5 Å². The molecule has 1 aliphatic carbocycles. The zero-order valence-corrected chi connectivity index (χ0v) is 25.1. The van der Waals surface area contributed by atoms with Crippen LogP contribution in [0.1, 0.15) is 83.7 Å². The summed E-state index contributed by atoms with van der Waals surface area (Å²) in [6, 6.07) is 5.87. The molecule has 1 saturated carbocycles. The van der Waals surface area contributed by atoms with Gasteiger partial charge in [0.05, 0.1) is 17.2 Å². The Bertz CT molecular complexity index is 1350. The normalized spacial score (nSPS) is 23.6. The van der Waals surface area contributed by atoms with E-state index in [-0.39, 0.29) is 17.4 Å². The van der Waals surface area contributed by atoms with E-state index in [0.717, 1.165) is 30.5 Å². The summed E-state index contributed by atoms with van der Waals surface area (Å²) in [6.07, 6.45) is 6.01. The fraction of sp³-hybridized carbons (Fsp3) is 0.600. The summed E-state index contributed by atoms with van der Waals surface area (Å²) in [5, 5.41) is 2.90. The van der Waals surface area contributed by atoms with Gasteiger partial charge in [0.15, 0.2) is 0 Å². The molecule has 4 heterocycles. The number of amides is 2. The average Bonchev–Trinajstić information content (AvgIpc) is 3.29. The van der Waals surface area contributed by atoms with Crippen LogP contribution in [0.15, 0.2) is 30.6 Å². The van der Waals surface area contributed by atoms with Crippen molar-refractivity contribution in [3.8, 4) is 0 Å². The van der Waals surface area contributed by atoms with E-state index in [1.807, 2.05) is 60.6 Å². The molecule has 41 heavy (non-hydrogen) atoms. The number of anilines is 2. The molecule has 2 aromatic rings. The van der Waals surface area contributed by atoms with Gasteiger partial charge < -0.3 is 29.2 Å². The van der Waals surface area contributed by atoms with Crippen LogP contribution in [-0.4, -0.2) is 76.5 Å². The predicted molar refractivity (Wildman–Crippen MR) is 156 cm³/mol. The van der Waals surface area contributed by atoms with Gasteiger partial charge in [-0.05, 0) is 85.4 Å². The molecule has 1 aromatic carbocycles. The molecule has 0 unspecified atom stereocenters. The fourth-order valence-corrected chi connectivity index (χ4v) is 5.86. The van der Waals surface area contributed by atoms with Gasteiger partial charge in [-0.25, -0.2) is 14.8 Å². The highest BCUT2D eigenvalue weighted by Gasteiger charge is 2.54. The van der Waals surface area contributed by atoms with Crippen molar-refractivity contribution in [3.05, 3.63) is 41.7 Å². The van der Waals surface area contributed by atoms with Crippen LogP contribution in [0.4, 0.5) is 16.4 Å². The van der Waals surface area contributed by atoms with Crippen LogP contribution in [0, 0.1) is 0 Å². The molecule has 1 atom stereocenters. The molecule has 3 fully saturated rings. The Kier molecular flexibility index (Phi) is 6.43. The molecule has 1 aromatic heterocycles. The number of nitrogens with one attached hydrogen (secondary N) is 1. The van der Waals surface area contributed by atoms with Gasteiger partial charge in [-0.1, -0.05) is 6.07 Å². The minimum Gasteiger partial charge on any atom is -0.444 e. The molecule has 1 N–H and O–H groups in total. The predicted octanol–water partition coefficient (Wildman–Crippen LogP) is 3.70. The molecule has 3 aliphatic heterocycles. The average molecular weight is 561 g/mol. The Balaban J connectivity index is 1.18. The highest BCUT2D eigenvalue weighted by atomic mass is 16.7.